The molecule has 1 heteroatoms. The topological polar surface area (TPSA) is 0 Å². The van der Waals surface area contributed by atoms with Crippen molar-refractivity contribution >= 4 is 7.92 Å². The Labute approximate surface area is 73.5 Å². The van der Waals surface area contributed by atoms with Crippen LogP contribution in [0.25, 0.3) is 0 Å². The van der Waals surface area contributed by atoms with Crippen LogP contribution in [0, 0.1) is 5.92 Å². The maximum absolute atomic E-state index is 2.45. The molecule has 0 heterocycles. The van der Waals surface area contributed by atoms with Crippen molar-refractivity contribution in [1.29, 1.82) is 0 Å². The molecule has 0 bridgehead atoms. The van der Waals surface area contributed by atoms with Crippen molar-refractivity contribution in [3.05, 3.63) is 0 Å². The molecule has 0 saturated heterocycles. The molecule has 0 amide bonds. The maximum atomic E-state index is 2.45. The van der Waals surface area contributed by atoms with E-state index >= 15 is 0 Å². The van der Waals surface area contributed by atoms with Crippen molar-refractivity contribution in [3.8, 4) is 0 Å². The molecule has 0 spiro atoms. The second kappa shape index (κ2) is 6.00. The van der Waals surface area contributed by atoms with Gasteiger partial charge in [-0.2, -0.15) is 0 Å². The highest BCUT2D eigenvalue weighted by molar-refractivity contribution is 7.57. The molecular formula is C10H23P. The van der Waals surface area contributed by atoms with E-state index in [0.29, 0.717) is 7.92 Å². The minimum absolute atomic E-state index is 0.313. The molecule has 0 saturated carbocycles. The first-order valence-electron chi connectivity index (χ1n) is 4.79. The summed E-state index contributed by atoms with van der Waals surface area (Å²) in [6, 6.07) is 0. The molecule has 0 aliphatic carbocycles. The molecule has 0 aliphatic rings. The van der Waals surface area contributed by atoms with Crippen LogP contribution < -0.4 is 0 Å². The third kappa shape index (κ3) is 4.80. The van der Waals surface area contributed by atoms with Crippen LogP contribution in [0.15, 0.2) is 0 Å². The van der Waals surface area contributed by atoms with Gasteiger partial charge in [0.15, 0.2) is 0 Å². The molecule has 0 aliphatic heterocycles. The molecule has 2 unspecified atom stereocenters. The summed E-state index contributed by atoms with van der Waals surface area (Å²) in [5.74, 6) is 0.878. The molecule has 0 radical (unpaired) electrons. The summed E-state index contributed by atoms with van der Waals surface area (Å²) in [7, 11) is 0.313. The Morgan fingerprint density at radius 2 is 1.73 bits per heavy atom. The van der Waals surface area contributed by atoms with Crippen LogP contribution in [-0.4, -0.2) is 18.5 Å². The van der Waals surface area contributed by atoms with Crippen LogP contribution in [0.2, 0.25) is 0 Å². The Kier molecular flexibility index (Phi) is 6.24. The zero-order chi connectivity index (χ0) is 8.85. The van der Waals surface area contributed by atoms with Crippen LogP contribution in [0.4, 0.5) is 0 Å². The summed E-state index contributed by atoms with van der Waals surface area (Å²) in [6.07, 6.45) is 4.27. The van der Waals surface area contributed by atoms with Gasteiger partial charge in [-0.05, 0) is 30.8 Å². The highest BCUT2D eigenvalue weighted by atomic mass is 31.1. The predicted octanol–water partition coefficient (Wildman–Crippen LogP) is 3.94. The molecule has 0 fully saturated rings. The quantitative estimate of drug-likeness (QED) is 0.554. The third-order valence-corrected chi connectivity index (χ3v) is 5.53. The van der Waals surface area contributed by atoms with Crippen LogP contribution in [0.3, 0.4) is 0 Å². The lowest BCUT2D eigenvalue weighted by atomic mass is 10.2. The average Bonchev–Trinajstić information content (AvgIpc) is 1.98. The molecule has 0 N–H and O–H groups in total. The van der Waals surface area contributed by atoms with Crippen molar-refractivity contribution in [2.24, 2.45) is 5.92 Å². The Balaban J connectivity index is 3.55. The predicted molar refractivity (Wildman–Crippen MR) is 56.9 cm³/mol. The van der Waals surface area contributed by atoms with E-state index in [4.69, 9.17) is 0 Å². The van der Waals surface area contributed by atoms with E-state index in [1.54, 1.807) is 0 Å². The van der Waals surface area contributed by atoms with E-state index in [1.807, 2.05) is 0 Å². The lowest BCUT2D eigenvalue weighted by Gasteiger charge is -2.23. The molecule has 0 rings (SSSR count). The Morgan fingerprint density at radius 3 is 2.09 bits per heavy atom. The SMILES string of the molecule is CCCCP(C)C(C)C(C)C. The maximum Gasteiger partial charge on any atom is -0.0217 e. The van der Waals surface area contributed by atoms with Gasteiger partial charge in [0.25, 0.3) is 0 Å². The van der Waals surface area contributed by atoms with E-state index in [9.17, 15) is 0 Å². The van der Waals surface area contributed by atoms with Gasteiger partial charge >= 0.3 is 0 Å². The van der Waals surface area contributed by atoms with Gasteiger partial charge in [-0.15, -0.1) is 7.92 Å². The van der Waals surface area contributed by atoms with Gasteiger partial charge in [0.05, 0.1) is 0 Å². The highest BCUT2D eigenvalue weighted by Gasteiger charge is 2.13. The van der Waals surface area contributed by atoms with E-state index in [-0.39, 0.29) is 0 Å². The van der Waals surface area contributed by atoms with Crippen molar-refractivity contribution in [2.75, 3.05) is 12.8 Å². The largest absolute Gasteiger partial charge is 0.107 e. The van der Waals surface area contributed by atoms with Crippen LogP contribution in [-0.2, 0) is 0 Å². The number of rotatable bonds is 5. The molecule has 11 heavy (non-hydrogen) atoms. The monoisotopic (exact) mass is 174 g/mol. The molecule has 0 nitrogen and oxygen atoms in total. The van der Waals surface area contributed by atoms with Gasteiger partial charge in [0.2, 0.25) is 0 Å². The molecule has 0 aromatic carbocycles. The molecule has 0 aromatic rings. The van der Waals surface area contributed by atoms with E-state index in [1.165, 1.54) is 19.0 Å². The number of hydrogen-bond acceptors (Lipinski definition) is 0. The van der Waals surface area contributed by atoms with Gasteiger partial charge in [-0.3, -0.25) is 0 Å². The second-order valence-corrected chi connectivity index (χ2v) is 6.59. The lowest BCUT2D eigenvalue weighted by Crippen LogP contribution is -2.09. The summed E-state index contributed by atoms with van der Waals surface area (Å²) in [5, 5.41) is 0. The van der Waals surface area contributed by atoms with Gasteiger partial charge < -0.3 is 0 Å². The molecule has 68 valence electrons. The van der Waals surface area contributed by atoms with Crippen LogP contribution in [0.1, 0.15) is 40.5 Å². The van der Waals surface area contributed by atoms with E-state index < -0.39 is 0 Å². The zero-order valence-electron chi connectivity index (χ0n) is 8.72. The fraction of sp³-hybridized carbons (Fsp3) is 1.00. The summed E-state index contributed by atoms with van der Waals surface area (Å²) in [5.41, 5.74) is 0.955. The van der Waals surface area contributed by atoms with Crippen molar-refractivity contribution in [1.82, 2.24) is 0 Å². The molecular weight excluding hydrogens is 151 g/mol. The Bertz CT molecular complexity index is 88.9. The third-order valence-electron chi connectivity index (χ3n) is 2.52. The number of hydrogen-bond donors (Lipinski definition) is 0. The minimum Gasteiger partial charge on any atom is -0.107 e. The second-order valence-electron chi connectivity index (χ2n) is 3.82. The zero-order valence-corrected chi connectivity index (χ0v) is 9.62. The van der Waals surface area contributed by atoms with E-state index in [2.05, 4.69) is 34.4 Å². The normalized spacial score (nSPS) is 16.9. The van der Waals surface area contributed by atoms with Gasteiger partial charge in [-0.1, -0.05) is 34.1 Å². The first-order chi connectivity index (χ1) is 5.09. The van der Waals surface area contributed by atoms with Crippen molar-refractivity contribution in [3.63, 3.8) is 0 Å². The molecule has 2 atom stereocenters. The first-order valence-corrected chi connectivity index (χ1v) is 6.84. The van der Waals surface area contributed by atoms with E-state index in [0.717, 1.165) is 11.6 Å². The van der Waals surface area contributed by atoms with Gasteiger partial charge in [-0.25, -0.2) is 0 Å². The molecule has 0 aromatic heterocycles. The fourth-order valence-electron chi connectivity index (χ4n) is 1.12. The van der Waals surface area contributed by atoms with Gasteiger partial charge in [0, 0.05) is 0 Å². The fourth-order valence-corrected chi connectivity index (χ4v) is 3.36. The van der Waals surface area contributed by atoms with Crippen molar-refractivity contribution in [2.45, 2.75) is 46.2 Å². The summed E-state index contributed by atoms with van der Waals surface area (Å²) in [4.78, 5) is 0. The van der Waals surface area contributed by atoms with Crippen LogP contribution in [0.5, 0.6) is 0 Å². The smallest absolute Gasteiger partial charge is 0.0217 e. The number of unbranched alkanes of at least 4 members (excludes halogenated alkanes) is 1. The lowest BCUT2D eigenvalue weighted by molar-refractivity contribution is 0.633. The van der Waals surface area contributed by atoms with Crippen molar-refractivity contribution < 1.29 is 0 Å². The summed E-state index contributed by atoms with van der Waals surface area (Å²) >= 11 is 0. The standard InChI is InChI=1S/C10H23P/c1-6-7-8-11(5)10(4)9(2)3/h9-10H,6-8H2,1-5H3. The minimum atomic E-state index is 0.313. The average molecular weight is 174 g/mol. The highest BCUT2D eigenvalue weighted by Crippen LogP contribution is 2.41. The van der Waals surface area contributed by atoms with Gasteiger partial charge in [0.1, 0.15) is 0 Å². The summed E-state index contributed by atoms with van der Waals surface area (Å²) < 4.78 is 0. The van der Waals surface area contributed by atoms with Crippen LogP contribution >= 0.6 is 7.92 Å². The summed E-state index contributed by atoms with van der Waals surface area (Å²) in [6.45, 7) is 11.8. The first kappa shape index (κ1) is 11.4. The Hall–Kier alpha value is 0.430. The Morgan fingerprint density at radius 1 is 1.18 bits per heavy atom.